The van der Waals surface area contributed by atoms with Crippen LogP contribution in [0, 0.1) is 0 Å². The van der Waals surface area contributed by atoms with Gasteiger partial charge in [0, 0.05) is 35.4 Å². The molecule has 1 N–H and O–H groups in total. The first-order chi connectivity index (χ1) is 13.8. The first-order valence-electron chi connectivity index (χ1n) is 8.91. The monoisotopic (exact) mass is 385 g/mol. The van der Waals surface area contributed by atoms with Crippen LogP contribution in [0.25, 0.3) is 22.4 Å². The van der Waals surface area contributed by atoms with Crippen LogP contribution < -0.4 is 0 Å². The Bertz CT molecular complexity index is 1230. The SMILES string of the molecule is Clc1cccc(C(c2ccc3[nH]c(-c4cccnc4)nc3c2)n2ccnc2)c1. The molecule has 28 heavy (non-hydrogen) atoms. The predicted molar refractivity (Wildman–Crippen MR) is 110 cm³/mol. The molecule has 1 unspecified atom stereocenters. The highest BCUT2D eigenvalue weighted by molar-refractivity contribution is 6.30. The lowest BCUT2D eigenvalue weighted by atomic mass is 9.98. The van der Waals surface area contributed by atoms with Crippen molar-refractivity contribution in [2.75, 3.05) is 0 Å². The van der Waals surface area contributed by atoms with Crippen molar-refractivity contribution in [3.63, 3.8) is 0 Å². The number of H-pyrrole nitrogens is 1. The maximum absolute atomic E-state index is 6.26. The highest BCUT2D eigenvalue weighted by atomic mass is 35.5. The van der Waals surface area contributed by atoms with Gasteiger partial charge in [-0.15, -0.1) is 0 Å². The molecule has 0 aliphatic carbocycles. The summed E-state index contributed by atoms with van der Waals surface area (Å²) in [4.78, 5) is 16.5. The van der Waals surface area contributed by atoms with Crippen LogP contribution in [0.1, 0.15) is 17.2 Å². The van der Waals surface area contributed by atoms with Crippen molar-refractivity contribution in [1.29, 1.82) is 0 Å². The van der Waals surface area contributed by atoms with Gasteiger partial charge in [0.25, 0.3) is 0 Å². The molecular weight excluding hydrogens is 370 g/mol. The lowest BCUT2D eigenvalue weighted by Gasteiger charge is -2.20. The first kappa shape index (κ1) is 16.7. The highest BCUT2D eigenvalue weighted by Crippen LogP contribution is 2.30. The molecule has 0 aliphatic rings. The third-order valence-electron chi connectivity index (χ3n) is 4.75. The van der Waals surface area contributed by atoms with Gasteiger partial charge in [0.2, 0.25) is 0 Å². The molecule has 5 nitrogen and oxygen atoms in total. The molecule has 0 radical (unpaired) electrons. The minimum absolute atomic E-state index is 0.0378. The molecule has 1 atom stereocenters. The van der Waals surface area contributed by atoms with Gasteiger partial charge in [-0.2, -0.15) is 0 Å². The molecule has 0 amide bonds. The van der Waals surface area contributed by atoms with E-state index in [1.807, 2.05) is 42.9 Å². The normalized spacial score (nSPS) is 12.3. The summed E-state index contributed by atoms with van der Waals surface area (Å²) < 4.78 is 2.07. The number of aromatic amines is 1. The van der Waals surface area contributed by atoms with E-state index in [0.717, 1.165) is 33.5 Å². The Morgan fingerprint density at radius 3 is 2.64 bits per heavy atom. The standard InChI is InChI=1S/C22H16ClN5/c23-18-5-1-3-15(11-18)21(28-10-9-25-14-28)16-6-7-19-20(12-16)27-22(26-19)17-4-2-8-24-13-17/h1-14,21H,(H,26,27). The number of hydrogen-bond donors (Lipinski definition) is 1. The zero-order valence-corrected chi connectivity index (χ0v) is 15.6. The number of aromatic nitrogens is 5. The molecule has 0 saturated carbocycles. The van der Waals surface area contributed by atoms with E-state index in [0.29, 0.717) is 5.02 Å². The minimum Gasteiger partial charge on any atom is -0.338 e. The van der Waals surface area contributed by atoms with E-state index >= 15 is 0 Å². The molecule has 3 heterocycles. The van der Waals surface area contributed by atoms with Crippen LogP contribution >= 0.6 is 11.6 Å². The molecule has 2 aromatic carbocycles. The number of nitrogens with zero attached hydrogens (tertiary/aromatic N) is 4. The van der Waals surface area contributed by atoms with Crippen molar-refractivity contribution in [2.24, 2.45) is 0 Å². The molecule has 0 bridgehead atoms. The molecule has 0 aliphatic heterocycles. The number of fused-ring (bicyclic) bond motifs is 1. The van der Waals surface area contributed by atoms with Crippen LogP contribution in [0.3, 0.4) is 0 Å². The van der Waals surface area contributed by atoms with Crippen LogP contribution in [0.5, 0.6) is 0 Å². The summed E-state index contributed by atoms with van der Waals surface area (Å²) in [5.74, 6) is 0.808. The molecule has 3 aromatic heterocycles. The molecule has 0 saturated heterocycles. The van der Waals surface area contributed by atoms with Gasteiger partial charge in [0.05, 0.1) is 23.4 Å². The molecule has 6 heteroatoms. The van der Waals surface area contributed by atoms with Gasteiger partial charge in [0.1, 0.15) is 5.82 Å². The van der Waals surface area contributed by atoms with E-state index in [1.54, 1.807) is 18.6 Å². The summed E-state index contributed by atoms with van der Waals surface area (Å²) >= 11 is 6.26. The second kappa shape index (κ2) is 6.94. The third-order valence-corrected chi connectivity index (χ3v) is 4.98. The minimum atomic E-state index is -0.0378. The Morgan fingerprint density at radius 1 is 0.929 bits per heavy atom. The average molecular weight is 386 g/mol. The quantitative estimate of drug-likeness (QED) is 0.467. The maximum Gasteiger partial charge on any atom is 0.140 e. The Balaban J connectivity index is 1.63. The number of rotatable bonds is 4. The largest absolute Gasteiger partial charge is 0.338 e. The van der Waals surface area contributed by atoms with Gasteiger partial charge in [-0.05, 0) is 47.5 Å². The van der Waals surface area contributed by atoms with Crippen molar-refractivity contribution in [2.45, 2.75) is 6.04 Å². The van der Waals surface area contributed by atoms with Crippen LogP contribution in [-0.4, -0.2) is 24.5 Å². The Kier molecular flexibility index (Phi) is 4.14. The van der Waals surface area contributed by atoms with Gasteiger partial charge in [-0.3, -0.25) is 4.98 Å². The summed E-state index contributed by atoms with van der Waals surface area (Å²) in [6.07, 6.45) is 9.12. The van der Waals surface area contributed by atoms with E-state index in [4.69, 9.17) is 16.6 Å². The number of nitrogens with one attached hydrogen (secondary N) is 1. The molecule has 5 rings (SSSR count). The van der Waals surface area contributed by atoms with E-state index < -0.39 is 0 Å². The fraction of sp³-hybridized carbons (Fsp3) is 0.0455. The number of pyridine rings is 1. The van der Waals surface area contributed by atoms with Crippen LogP contribution in [-0.2, 0) is 0 Å². The molecule has 136 valence electrons. The van der Waals surface area contributed by atoms with Crippen molar-refractivity contribution in [1.82, 2.24) is 24.5 Å². The molecule has 5 aromatic rings. The van der Waals surface area contributed by atoms with Gasteiger partial charge >= 0.3 is 0 Å². The number of benzene rings is 2. The zero-order chi connectivity index (χ0) is 18.9. The van der Waals surface area contributed by atoms with Crippen LogP contribution in [0.4, 0.5) is 0 Å². The van der Waals surface area contributed by atoms with Crippen LogP contribution in [0.2, 0.25) is 5.02 Å². The van der Waals surface area contributed by atoms with E-state index in [-0.39, 0.29) is 6.04 Å². The molecule has 0 spiro atoms. The first-order valence-corrected chi connectivity index (χ1v) is 9.29. The van der Waals surface area contributed by atoms with E-state index in [1.165, 1.54) is 0 Å². The third kappa shape index (κ3) is 3.06. The second-order valence-electron chi connectivity index (χ2n) is 6.57. The Hall–Kier alpha value is -3.44. The number of hydrogen-bond acceptors (Lipinski definition) is 3. The fourth-order valence-corrected chi connectivity index (χ4v) is 3.67. The average Bonchev–Trinajstić information content (AvgIpc) is 3.39. The highest BCUT2D eigenvalue weighted by Gasteiger charge is 2.18. The lowest BCUT2D eigenvalue weighted by Crippen LogP contribution is -2.10. The number of halogens is 1. The Labute approximate surface area is 166 Å². The van der Waals surface area contributed by atoms with Gasteiger partial charge < -0.3 is 9.55 Å². The lowest BCUT2D eigenvalue weighted by molar-refractivity contribution is 0.677. The summed E-state index contributed by atoms with van der Waals surface area (Å²) in [6.45, 7) is 0. The summed E-state index contributed by atoms with van der Waals surface area (Å²) in [7, 11) is 0. The van der Waals surface area contributed by atoms with Gasteiger partial charge in [-0.1, -0.05) is 29.8 Å². The Morgan fingerprint density at radius 2 is 1.86 bits per heavy atom. The summed E-state index contributed by atoms with van der Waals surface area (Å²) in [5.41, 5.74) is 5.05. The summed E-state index contributed by atoms with van der Waals surface area (Å²) in [6, 6.07) is 18.1. The second-order valence-corrected chi connectivity index (χ2v) is 7.01. The van der Waals surface area contributed by atoms with E-state index in [2.05, 4.69) is 43.8 Å². The van der Waals surface area contributed by atoms with Gasteiger partial charge in [0.15, 0.2) is 0 Å². The van der Waals surface area contributed by atoms with Crippen molar-refractivity contribution >= 4 is 22.6 Å². The van der Waals surface area contributed by atoms with Crippen molar-refractivity contribution in [3.05, 3.63) is 102 Å². The topological polar surface area (TPSA) is 59.4 Å². The smallest absolute Gasteiger partial charge is 0.140 e. The molecule has 0 fully saturated rings. The molecular formula is C22H16ClN5. The fourth-order valence-electron chi connectivity index (χ4n) is 3.47. The van der Waals surface area contributed by atoms with Crippen molar-refractivity contribution < 1.29 is 0 Å². The van der Waals surface area contributed by atoms with E-state index in [9.17, 15) is 0 Å². The predicted octanol–water partition coefficient (Wildman–Crippen LogP) is 5.11. The van der Waals surface area contributed by atoms with Crippen LogP contribution in [0.15, 0.2) is 85.7 Å². The van der Waals surface area contributed by atoms with Gasteiger partial charge in [-0.25, -0.2) is 9.97 Å². The summed E-state index contributed by atoms with van der Waals surface area (Å²) in [5, 5.41) is 0.710. The zero-order valence-electron chi connectivity index (χ0n) is 14.8. The number of imidazole rings is 2. The maximum atomic E-state index is 6.26. The van der Waals surface area contributed by atoms with Crippen molar-refractivity contribution in [3.8, 4) is 11.4 Å².